The first-order valence-corrected chi connectivity index (χ1v) is 6.63. The Morgan fingerprint density at radius 3 is 2.62 bits per heavy atom. The van der Waals surface area contributed by atoms with E-state index in [0.717, 1.165) is 5.56 Å². The summed E-state index contributed by atoms with van der Waals surface area (Å²) in [5.74, 6) is -0.256. The SMILES string of the molecule is CCn1cc(NC(=O)/C=C/c2ccc(N)cc2)ccc1=O. The lowest BCUT2D eigenvalue weighted by molar-refractivity contribution is -0.111. The van der Waals surface area contributed by atoms with Gasteiger partial charge in [-0.3, -0.25) is 9.59 Å². The first-order chi connectivity index (χ1) is 10.1. The number of nitrogen functional groups attached to an aromatic ring is 1. The normalized spacial score (nSPS) is 10.7. The van der Waals surface area contributed by atoms with Crippen molar-refractivity contribution in [3.63, 3.8) is 0 Å². The smallest absolute Gasteiger partial charge is 0.250 e. The van der Waals surface area contributed by atoms with E-state index in [1.807, 2.05) is 19.1 Å². The van der Waals surface area contributed by atoms with Crippen molar-refractivity contribution in [3.8, 4) is 0 Å². The second-order valence-corrected chi connectivity index (χ2v) is 4.53. The Morgan fingerprint density at radius 1 is 1.24 bits per heavy atom. The zero-order chi connectivity index (χ0) is 15.2. The molecule has 1 aromatic carbocycles. The molecule has 0 aliphatic carbocycles. The molecule has 0 saturated carbocycles. The number of nitrogens with two attached hydrogens (primary N) is 1. The van der Waals surface area contributed by atoms with Crippen LogP contribution >= 0.6 is 0 Å². The number of aromatic nitrogens is 1. The highest BCUT2D eigenvalue weighted by molar-refractivity contribution is 6.01. The first kappa shape index (κ1) is 14.6. The van der Waals surface area contributed by atoms with Gasteiger partial charge in [0.05, 0.1) is 5.69 Å². The number of nitrogens with zero attached hydrogens (tertiary/aromatic N) is 1. The number of hydrogen-bond donors (Lipinski definition) is 2. The largest absolute Gasteiger partial charge is 0.399 e. The van der Waals surface area contributed by atoms with Gasteiger partial charge in [-0.1, -0.05) is 12.1 Å². The Morgan fingerprint density at radius 2 is 1.95 bits per heavy atom. The molecule has 2 aromatic rings. The minimum atomic E-state index is -0.256. The molecule has 0 fully saturated rings. The fourth-order valence-electron chi connectivity index (χ4n) is 1.82. The van der Waals surface area contributed by atoms with Crippen LogP contribution in [-0.2, 0) is 11.3 Å². The van der Waals surface area contributed by atoms with Crippen molar-refractivity contribution in [2.24, 2.45) is 0 Å². The Bertz CT molecular complexity index is 715. The monoisotopic (exact) mass is 283 g/mol. The number of amides is 1. The van der Waals surface area contributed by atoms with E-state index in [1.54, 1.807) is 30.5 Å². The van der Waals surface area contributed by atoms with Gasteiger partial charge in [-0.2, -0.15) is 0 Å². The van der Waals surface area contributed by atoms with Crippen LogP contribution in [0.2, 0.25) is 0 Å². The van der Waals surface area contributed by atoms with Crippen LogP contribution in [0.5, 0.6) is 0 Å². The number of benzene rings is 1. The molecule has 0 unspecified atom stereocenters. The zero-order valence-electron chi connectivity index (χ0n) is 11.7. The molecular formula is C16H17N3O2. The molecule has 5 nitrogen and oxygen atoms in total. The standard InChI is InChI=1S/C16H17N3O2/c1-2-19-11-14(8-10-16(19)21)18-15(20)9-5-12-3-6-13(17)7-4-12/h3-11H,2,17H2,1H3,(H,18,20)/b9-5+. The van der Waals surface area contributed by atoms with Crippen molar-refractivity contribution in [2.75, 3.05) is 11.1 Å². The summed E-state index contributed by atoms with van der Waals surface area (Å²) < 4.78 is 1.53. The molecule has 1 aromatic heterocycles. The van der Waals surface area contributed by atoms with Crippen LogP contribution in [0.4, 0.5) is 11.4 Å². The minimum absolute atomic E-state index is 0.0899. The fraction of sp³-hybridized carbons (Fsp3) is 0.125. The lowest BCUT2D eigenvalue weighted by Crippen LogP contribution is -2.19. The maximum Gasteiger partial charge on any atom is 0.250 e. The van der Waals surface area contributed by atoms with Gasteiger partial charge >= 0.3 is 0 Å². The van der Waals surface area contributed by atoms with E-state index in [9.17, 15) is 9.59 Å². The molecule has 108 valence electrons. The lowest BCUT2D eigenvalue weighted by atomic mass is 10.2. The third-order valence-corrected chi connectivity index (χ3v) is 2.96. The summed E-state index contributed by atoms with van der Waals surface area (Å²) in [5, 5.41) is 2.72. The summed E-state index contributed by atoms with van der Waals surface area (Å²) >= 11 is 0. The molecule has 2 rings (SSSR count). The van der Waals surface area contributed by atoms with E-state index in [1.165, 1.54) is 16.7 Å². The number of nitrogens with one attached hydrogen (secondary N) is 1. The predicted octanol–water partition coefficient (Wildman–Crippen LogP) is 2.10. The van der Waals surface area contributed by atoms with Crippen molar-refractivity contribution in [1.82, 2.24) is 4.57 Å². The third kappa shape index (κ3) is 4.07. The van der Waals surface area contributed by atoms with Gasteiger partial charge in [0.15, 0.2) is 0 Å². The highest BCUT2D eigenvalue weighted by atomic mass is 16.1. The summed E-state index contributed by atoms with van der Waals surface area (Å²) in [7, 11) is 0. The lowest BCUT2D eigenvalue weighted by Gasteiger charge is -2.06. The van der Waals surface area contributed by atoms with Crippen molar-refractivity contribution in [3.05, 3.63) is 64.6 Å². The fourth-order valence-corrected chi connectivity index (χ4v) is 1.82. The molecule has 21 heavy (non-hydrogen) atoms. The van der Waals surface area contributed by atoms with E-state index < -0.39 is 0 Å². The van der Waals surface area contributed by atoms with E-state index >= 15 is 0 Å². The Kier molecular flexibility index (Phi) is 4.56. The molecule has 5 heteroatoms. The summed E-state index contributed by atoms with van der Waals surface area (Å²) in [6.07, 6.45) is 4.76. The van der Waals surface area contributed by atoms with Crippen LogP contribution in [0, 0.1) is 0 Å². The van der Waals surface area contributed by atoms with Crippen molar-refractivity contribution in [1.29, 1.82) is 0 Å². The highest BCUT2D eigenvalue weighted by Crippen LogP contribution is 2.08. The van der Waals surface area contributed by atoms with Gasteiger partial charge in [-0.25, -0.2) is 0 Å². The minimum Gasteiger partial charge on any atom is -0.399 e. The second kappa shape index (κ2) is 6.56. The van der Waals surface area contributed by atoms with Gasteiger partial charge in [0.1, 0.15) is 0 Å². The summed E-state index contributed by atoms with van der Waals surface area (Å²) in [6.45, 7) is 2.43. The van der Waals surface area contributed by atoms with E-state index in [-0.39, 0.29) is 11.5 Å². The van der Waals surface area contributed by atoms with Crippen molar-refractivity contribution < 1.29 is 4.79 Å². The Balaban J connectivity index is 2.04. The average molecular weight is 283 g/mol. The van der Waals surface area contributed by atoms with Gasteiger partial charge in [0.2, 0.25) is 5.91 Å². The molecule has 0 saturated heterocycles. The number of pyridine rings is 1. The van der Waals surface area contributed by atoms with Crippen LogP contribution in [0.1, 0.15) is 12.5 Å². The van der Waals surface area contributed by atoms with Crippen LogP contribution < -0.4 is 16.6 Å². The zero-order valence-corrected chi connectivity index (χ0v) is 11.7. The van der Waals surface area contributed by atoms with Crippen LogP contribution in [0.15, 0.2) is 53.5 Å². The highest BCUT2D eigenvalue weighted by Gasteiger charge is 2.00. The number of carbonyl (C=O) groups excluding carboxylic acids is 1. The summed E-state index contributed by atoms with van der Waals surface area (Å²) in [6, 6.07) is 10.2. The second-order valence-electron chi connectivity index (χ2n) is 4.53. The first-order valence-electron chi connectivity index (χ1n) is 6.63. The van der Waals surface area contributed by atoms with Gasteiger partial charge < -0.3 is 15.6 Å². The van der Waals surface area contributed by atoms with E-state index in [4.69, 9.17) is 5.73 Å². The molecule has 3 N–H and O–H groups in total. The summed E-state index contributed by atoms with van der Waals surface area (Å²) in [5.41, 5.74) is 7.66. The quantitative estimate of drug-likeness (QED) is 0.666. The van der Waals surface area contributed by atoms with Crippen molar-refractivity contribution >= 4 is 23.4 Å². The van der Waals surface area contributed by atoms with Crippen LogP contribution in [-0.4, -0.2) is 10.5 Å². The number of hydrogen-bond acceptors (Lipinski definition) is 3. The van der Waals surface area contributed by atoms with Gasteiger partial charge in [-0.05, 0) is 36.8 Å². The maximum absolute atomic E-state index is 11.8. The topological polar surface area (TPSA) is 77.1 Å². The third-order valence-electron chi connectivity index (χ3n) is 2.96. The summed E-state index contributed by atoms with van der Waals surface area (Å²) in [4.78, 5) is 23.3. The molecule has 0 atom stereocenters. The molecule has 0 aliphatic rings. The number of rotatable bonds is 4. The number of carbonyl (C=O) groups is 1. The number of anilines is 2. The van der Waals surface area contributed by atoms with Gasteiger partial charge in [0, 0.05) is 30.6 Å². The molecule has 0 aliphatic heterocycles. The average Bonchev–Trinajstić information content (AvgIpc) is 2.48. The molecule has 0 radical (unpaired) electrons. The Labute approximate surface area is 122 Å². The van der Waals surface area contributed by atoms with Crippen LogP contribution in [0.25, 0.3) is 6.08 Å². The molecule has 1 heterocycles. The van der Waals surface area contributed by atoms with Crippen LogP contribution in [0.3, 0.4) is 0 Å². The molecule has 0 spiro atoms. The molecule has 1 amide bonds. The van der Waals surface area contributed by atoms with E-state index in [2.05, 4.69) is 5.32 Å². The Hall–Kier alpha value is -2.82. The molecule has 0 bridgehead atoms. The maximum atomic E-state index is 11.8. The van der Waals surface area contributed by atoms with E-state index in [0.29, 0.717) is 17.9 Å². The van der Waals surface area contributed by atoms with Gasteiger partial charge in [-0.15, -0.1) is 0 Å². The van der Waals surface area contributed by atoms with Gasteiger partial charge in [0.25, 0.3) is 5.56 Å². The number of aryl methyl sites for hydroxylation is 1. The van der Waals surface area contributed by atoms with Crippen molar-refractivity contribution in [2.45, 2.75) is 13.5 Å². The molecular weight excluding hydrogens is 266 g/mol. The predicted molar refractivity (Wildman–Crippen MR) is 84.9 cm³/mol.